The van der Waals surface area contributed by atoms with E-state index in [9.17, 15) is 4.79 Å². The second-order valence-corrected chi connectivity index (χ2v) is 7.97. The molecule has 8 heteroatoms. The Hall–Kier alpha value is -3.00. The number of hydrogen-bond acceptors (Lipinski definition) is 7. The first-order chi connectivity index (χ1) is 15.0. The Labute approximate surface area is 186 Å². The highest BCUT2D eigenvalue weighted by atomic mass is 32.2. The van der Waals surface area contributed by atoms with Gasteiger partial charge in [0, 0.05) is 5.69 Å². The number of hydrogen-bond donors (Lipinski definition) is 0. The van der Waals surface area contributed by atoms with E-state index in [1.165, 1.54) is 11.8 Å². The zero-order chi connectivity index (χ0) is 22.2. The summed E-state index contributed by atoms with van der Waals surface area (Å²) in [5.74, 6) is 1.89. The molecule has 0 N–H and O–H groups in total. The molecule has 0 amide bonds. The number of carbonyl (C=O) groups excluding carboxylic acids is 1. The van der Waals surface area contributed by atoms with Crippen molar-refractivity contribution in [2.75, 3.05) is 13.7 Å². The van der Waals surface area contributed by atoms with Crippen molar-refractivity contribution in [3.8, 4) is 17.2 Å². The fourth-order valence-electron chi connectivity index (χ4n) is 2.97. The lowest BCUT2D eigenvalue weighted by Gasteiger charge is -2.15. The molecule has 7 nitrogen and oxygen atoms in total. The summed E-state index contributed by atoms with van der Waals surface area (Å²) in [6, 6.07) is 15.4. The highest BCUT2D eigenvalue weighted by Crippen LogP contribution is 2.29. The molecule has 1 heterocycles. The molecule has 0 saturated heterocycles. The maximum Gasteiger partial charge on any atom is 0.319 e. The number of aryl methyl sites for hydroxylation is 1. The number of carbonyl (C=O) groups is 1. The molecule has 2 aromatic carbocycles. The number of ether oxygens (including phenoxy) is 3. The van der Waals surface area contributed by atoms with Gasteiger partial charge in [-0.3, -0.25) is 9.36 Å². The fourth-order valence-corrected chi connectivity index (χ4v) is 3.96. The van der Waals surface area contributed by atoms with Crippen molar-refractivity contribution in [1.29, 1.82) is 0 Å². The molecule has 0 bridgehead atoms. The Morgan fingerprint density at radius 2 is 1.87 bits per heavy atom. The van der Waals surface area contributed by atoms with E-state index in [1.807, 2.05) is 66.9 Å². The molecular formula is C23H27N3O4S. The third-order valence-electron chi connectivity index (χ3n) is 4.56. The van der Waals surface area contributed by atoms with E-state index >= 15 is 0 Å². The van der Waals surface area contributed by atoms with Crippen molar-refractivity contribution >= 4 is 17.7 Å². The summed E-state index contributed by atoms with van der Waals surface area (Å²) < 4.78 is 18.3. The van der Waals surface area contributed by atoms with Crippen LogP contribution < -0.4 is 9.47 Å². The summed E-state index contributed by atoms with van der Waals surface area (Å²) >= 11 is 1.34. The van der Waals surface area contributed by atoms with Crippen LogP contribution in [0.5, 0.6) is 11.5 Å². The minimum Gasteiger partial charge on any atom is -0.497 e. The van der Waals surface area contributed by atoms with Crippen LogP contribution in [0.15, 0.2) is 53.7 Å². The zero-order valence-electron chi connectivity index (χ0n) is 18.2. The van der Waals surface area contributed by atoms with Crippen LogP contribution in [0, 0.1) is 6.92 Å². The zero-order valence-corrected chi connectivity index (χ0v) is 19.0. The average molecular weight is 442 g/mol. The van der Waals surface area contributed by atoms with Gasteiger partial charge in [0.05, 0.1) is 13.7 Å². The second kappa shape index (κ2) is 10.9. The number of thioether (sulfide) groups is 1. The summed E-state index contributed by atoms with van der Waals surface area (Å²) in [5.41, 5.74) is 1.97. The standard InChI is InChI=1S/C23H27N3O4S/c1-5-20(22(27)29-6-2)31-23-25-24-21(15-30-19-9-7-8-16(3)14-19)26(23)17-10-12-18(28-4)13-11-17/h7-14,20H,5-6,15H2,1-4H3/t20-/m0/s1. The first-order valence-corrected chi connectivity index (χ1v) is 11.0. The highest BCUT2D eigenvalue weighted by molar-refractivity contribution is 8.00. The van der Waals surface area contributed by atoms with Gasteiger partial charge in [-0.1, -0.05) is 30.8 Å². The van der Waals surface area contributed by atoms with Gasteiger partial charge in [-0.15, -0.1) is 10.2 Å². The van der Waals surface area contributed by atoms with Crippen molar-refractivity contribution in [3.63, 3.8) is 0 Å². The third kappa shape index (κ3) is 5.79. The monoisotopic (exact) mass is 441 g/mol. The lowest BCUT2D eigenvalue weighted by Crippen LogP contribution is -2.20. The van der Waals surface area contributed by atoms with E-state index in [1.54, 1.807) is 14.0 Å². The number of aromatic nitrogens is 3. The summed E-state index contributed by atoms with van der Waals surface area (Å²) in [4.78, 5) is 12.3. The normalized spacial score (nSPS) is 11.7. The van der Waals surface area contributed by atoms with E-state index in [0.717, 1.165) is 22.7 Å². The van der Waals surface area contributed by atoms with E-state index in [0.29, 0.717) is 24.0 Å². The lowest BCUT2D eigenvalue weighted by molar-refractivity contribution is -0.142. The molecule has 31 heavy (non-hydrogen) atoms. The molecular weight excluding hydrogens is 414 g/mol. The summed E-state index contributed by atoms with van der Waals surface area (Å²) in [7, 11) is 1.63. The van der Waals surface area contributed by atoms with Gasteiger partial charge in [0.15, 0.2) is 11.0 Å². The smallest absolute Gasteiger partial charge is 0.319 e. The molecule has 0 aliphatic heterocycles. The van der Waals surface area contributed by atoms with Crippen LogP contribution in [0.25, 0.3) is 5.69 Å². The van der Waals surface area contributed by atoms with Gasteiger partial charge in [0.2, 0.25) is 0 Å². The molecule has 0 saturated carbocycles. The van der Waals surface area contributed by atoms with Gasteiger partial charge in [0.1, 0.15) is 23.4 Å². The van der Waals surface area contributed by atoms with E-state index < -0.39 is 0 Å². The topological polar surface area (TPSA) is 75.5 Å². The van der Waals surface area contributed by atoms with Crippen molar-refractivity contribution in [2.45, 2.75) is 44.2 Å². The van der Waals surface area contributed by atoms with Gasteiger partial charge < -0.3 is 14.2 Å². The Bertz CT molecular complexity index is 1000. The van der Waals surface area contributed by atoms with Crippen LogP contribution in [-0.4, -0.2) is 39.7 Å². The Kier molecular flexibility index (Phi) is 7.94. The lowest BCUT2D eigenvalue weighted by atomic mass is 10.2. The molecule has 0 aliphatic rings. The van der Waals surface area contributed by atoms with E-state index in [4.69, 9.17) is 14.2 Å². The number of methoxy groups -OCH3 is 1. The summed E-state index contributed by atoms with van der Waals surface area (Å²) in [6.45, 7) is 6.35. The van der Waals surface area contributed by atoms with Crippen molar-refractivity contribution in [1.82, 2.24) is 14.8 Å². The van der Waals surface area contributed by atoms with Crippen LogP contribution in [-0.2, 0) is 16.1 Å². The Morgan fingerprint density at radius 3 is 2.52 bits per heavy atom. The molecule has 0 spiro atoms. The van der Waals surface area contributed by atoms with Crippen LogP contribution >= 0.6 is 11.8 Å². The van der Waals surface area contributed by atoms with Crippen molar-refractivity contribution < 1.29 is 19.0 Å². The SMILES string of the molecule is CCOC(=O)[C@H](CC)Sc1nnc(COc2cccc(C)c2)n1-c1ccc(OC)cc1. The van der Waals surface area contributed by atoms with E-state index in [-0.39, 0.29) is 17.8 Å². The molecule has 3 aromatic rings. The fraction of sp³-hybridized carbons (Fsp3) is 0.348. The quantitative estimate of drug-likeness (QED) is 0.336. The van der Waals surface area contributed by atoms with Crippen molar-refractivity contribution in [3.05, 3.63) is 59.9 Å². The maximum absolute atomic E-state index is 12.3. The van der Waals surface area contributed by atoms with Crippen LogP contribution in [0.2, 0.25) is 0 Å². The number of nitrogens with zero attached hydrogens (tertiary/aromatic N) is 3. The number of benzene rings is 2. The first-order valence-electron chi connectivity index (χ1n) is 10.2. The Balaban J connectivity index is 1.91. The summed E-state index contributed by atoms with van der Waals surface area (Å²) in [6.07, 6.45) is 0.619. The molecule has 164 valence electrons. The van der Waals surface area contributed by atoms with Gasteiger partial charge in [0.25, 0.3) is 0 Å². The van der Waals surface area contributed by atoms with Gasteiger partial charge >= 0.3 is 5.97 Å². The summed E-state index contributed by atoms with van der Waals surface area (Å²) in [5, 5.41) is 8.94. The molecule has 0 radical (unpaired) electrons. The van der Waals surface area contributed by atoms with Gasteiger partial charge in [-0.2, -0.15) is 0 Å². The van der Waals surface area contributed by atoms with Gasteiger partial charge in [-0.05, 0) is 62.2 Å². The minimum atomic E-state index is -0.369. The van der Waals surface area contributed by atoms with E-state index in [2.05, 4.69) is 10.2 Å². The molecule has 0 aliphatic carbocycles. The molecule has 0 fully saturated rings. The molecule has 1 aromatic heterocycles. The largest absolute Gasteiger partial charge is 0.497 e. The predicted octanol–water partition coefficient (Wildman–Crippen LogP) is 4.60. The maximum atomic E-state index is 12.3. The Morgan fingerprint density at radius 1 is 1.10 bits per heavy atom. The number of rotatable bonds is 10. The predicted molar refractivity (Wildman–Crippen MR) is 120 cm³/mol. The highest BCUT2D eigenvalue weighted by Gasteiger charge is 2.24. The van der Waals surface area contributed by atoms with Crippen molar-refractivity contribution in [2.24, 2.45) is 0 Å². The first kappa shape index (κ1) is 22.7. The average Bonchev–Trinajstić information content (AvgIpc) is 3.18. The molecule has 1 atom stereocenters. The van der Waals surface area contributed by atoms with Crippen LogP contribution in [0.1, 0.15) is 31.7 Å². The van der Waals surface area contributed by atoms with Gasteiger partial charge in [-0.25, -0.2) is 0 Å². The van der Waals surface area contributed by atoms with Crippen LogP contribution in [0.4, 0.5) is 0 Å². The molecule has 0 unspecified atom stereocenters. The number of esters is 1. The molecule has 3 rings (SSSR count). The third-order valence-corrected chi connectivity index (χ3v) is 5.84. The minimum absolute atomic E-state index is 0.235. The second-order valence-electron chi connectivity index (χ2n) is 6.80. The van der Waals surface area contributed by atoms with Crippen LogP contribution in [0.3, 0.4) is 0 Å².